The zero-order chi connectivity index (χ0) is 14.7. The molecule has 0 N–H and O–H groups in total. The molecule has 4 nitrogen and oxygen atoms in total. The second-order valence-corrected chi connectivity index (χ2v) is 5.34. The zero-order valence-corrected chi connectivity index (χ0v) is 11.9. The molecular weight excluding hydrogens is 254 g/mol. The van der Waals surface area contributed by atoms with Gasteiger partial charge in [0.15, 0.2) is 0 Å². The van der Waals surface area contributed by atoms with Gasteiger partial charge in [-0.15, -0.1) is 0 Å². The summed E-state index contributed by atoms with van der Waals surface area (Å²) < 4.78 is 4.76. The predicted molar refractivity (Wildman–Crippen MR) is 77.1 cm³/mol. The highest BCUT2D eigenvalue weighted by Gasteiger charge is 2.30. The minimum Gasteiger partial charge on any atom is -0.447 e. The van der Waals surface area contributed by atoms with Crippen molar-refractivity contribution < 1.29 is 14.3 Å². The van der Waals surface area contributed by atoms with Gasteiger partial charge in [-0.25, -0.2) is 9.69 Å². The van der Waals surface area contributed by atoms with Crippen LogP contribution in [-0.4, -0.2) is 30.1 Å². The molecule has 0 bridgehead atoms. The Balaban J connectivity index is 2.09. The predicted octanol–water partition coefficient (Wildman–Crippen LogP) is 2.88. The summed E-state index contributed by atoms with van der Waals surface area (Å²) in [6.45, 7) is 8.67. The van der Waals surface area contributed by atoms with E-state index in [2.05, 4.69) is 20.4 Å². The maximum atomic E-state index is 12.1. The van der Waals surface area contributed by atoms with Gasteiger partial charge in [-0.3, -0.25) is 4.79 Å². The highest BCUT2D eigenvalue weighted by molar-refractivity contribution is 6.22. The minimum atomic E-state index is -0.590. The largest absolute Gasteiger partial charge is 0.447 e. The van der Waals surface area contributed by atoms with Crippen molar-refractivity contribution in [3.05, 3.63) is 42.0 Å². The third kappa shape index (κ3) is 3.07. The molecule has 1 aliphatic heterocycles. The lowest BCUT2D eigenvalue weighted by Gasteiger charge is -2.13. The summed E-state index contributed by atoms with van der Waals surface area (Å²) in [4.78, 5) is 24.6. The average molecular weight is 273 g/mol. The fourth-order valence-corrected chi connectivity index (χ4v) is 2.18. The Morgan fingerprint density at radius 1 is 1.35 bits per heavy atom. The molecule has 0 unspecified atom stereocenters. The van der Waals surface area contributed by atoms with E-state index in [9.17, 15) is 9.59 Å². The first kappa shape index (κ1) is 14.3. The number of cyclic esters (lactones) is 1. The number of nitrogens with zero attached hydrogens (tertiary/aromatic N) is 1. The van der Waals surface area contributed by atoms with Crippen LogP contribution in [0.4, 0.5) is 4.79 Å². The van der Waals surface area contributed by atoms with E-state index in [1.54, 1.807) is 0 Å². The summed E-state index contributed by atoms with van der Waals surface area (Å²) in [6, 6.07) is 7.74. The van der Waals surface area contributed by atoms with Crippen LogP contribution in [-0.2, 0) is 16.0 Å². The summed E-state index contributed by atoms with van der Waals surface area (Å²) in [5.74, 6) is 0.203. The number of ether oxygens (including phenoxy) is 1. The molecular formula is C16H19NO3. The molecule has 2 amide bonds. The molecule has 20 heavy (non-hydrogen) atoms. The summed E-state index contributed by atoms with van der Waals surface area (Å²) in [6.07, 6.45) is 0.409. The first-order chi connectivity index (χ1) is 9.49. The fourth-order valence-electron chi connectivity index (χ4n) is 2.18. The number of hydrogen-bond donors (Lipinski definition) is 0. The van der Waals surface area contributed by atoms with Crippen LogP contribution in [0.2, 0.25) is 0 Å². The second kappa shape index (κ2) is 5.90. The van der Waals surface area contributed by atoms with Gasteiger partial charge >= 0.3 is 6.09 Å². The fraction of sp³-hybridized carbons (Fsp3) is 0.375. The zero-order valence-electron chi connectivity index (χ0n) is 11.9. The van der Waals surface area contributed by atoms with Gasteiger partial charge in [0.05, 0.1) is 6.54 Å². The summed E-state index contributed by atoms with van der Waals surface area (Å²) in [5, 5.41) is 0. The van der Waals surface area contributed by atoms with E-state index in [1.165, 1.54) is 5.56 Å². The van der Waals surface area contributed by atoms with E-state index in [0.29, 0.717) is 18.0 Å². The van der Waals surface area contributed by atoms with Gasteiger partial charge in [0.2, 0.25) is 0 Å². The molecule has 1 aromatic rings. The quantitative estimate of drug-likeness (QED) is 0.792. The van der Waals surface area contributed by atoms with E-state index < -0.39 is 6.09 Å². The Morgan fingerprint density at radius 3 is 2.50 bits per heavy atom. The van der Waals surface area contributed by atoms with Crippen molar-refractivity contribution >= 4 is 17.6 Å². The number of hydrogen-bond acceptors (Lipinski definition) is 3. The SMILES string of the molecule is C=C(C(=O)N1CCOC1=O)c1ccc(CC(C)C)cc1. The third-order valence-corrected chi connectivity index (χ3v) is 3.21. The van der Waals surface area contributed by atoms with Crippen LogP contribution in [0.25, 0.3) is 5.57 Å². The molecule has 1 aromatic carbocycles. The molecule has 0 radical (unpaired) electrons. The van der Waals surface area contributed by atoms with Gasteiger partial charge in [0, 0.05) is 5.57 Å². The Labute approximate surface area is 119 Å². The molecule has 0 aromatic heterocycles. The molecule has 0 spiro atoms. The number of imide groups is 1. The topological polar surface area (TPSA) is 46.6 Å². The Kier molecular flexibility index (Phi) is 4.23. The number of benzene rings is 1. The highest BCUT2D eigenvalue weighted by Crippen LogP contribution is 2.19. The standard InChI is InChI=1S/C16H19NO3/c1-11(2)10-13-4-6-14(7-5-13)12(3)15(18)17-8-9-20-16(17)19/h4-7,11H,3,8-10H2,1-2H3. The van der Waals surface area contributed by atoms with Crippen LogP contribution in [0.15, 0.2) is 30.8 Å². The first-order valence-corrected chi connectivity index (χ1v) is 6.76. The van der Waals surface area contributed by atoms with Crippen LogP contribution >= 0.6 is 0 Å². The summed E-state index contributed by atoms with van der Waals surface area (Å²) in [7, 11) is 0. The molecule has 4 heteroatoms. The van der Waals surface area contributed by atoms with Gasteiger partial charge in [0.25, 0.3) is 5.91 Å². The molecule has 106 valence electrons. The van der Waals surface area contributed by atoms with Gasteiger partial charge in [-0.2, -0.15) is 0 Å². The third-order valence-electron chi connectivity index (χ3n) is 3.21. The molecule has 1 fully saturated rings. The summed E-state index contributed by atoms with van der Waals surface area (Å²) in [5.41, 5.74) is 2.28. The Hall–Kier alpha value is -2.10. The molecule has 1 aliphatic rings. The molecule has 1 saturated heterocycles. The number of carbonyl (C=O) groups excluding carboxylic acids is 2. The van der Waals surface area contributed by atoms with Crippen molar-refractivity contribution in [1.82, 2.24) is 4.90 Å². The summed E-state index contributed by atoms with van der Waals surface area (Å²) >= 11 is 0. The van der Waals surface area contributed by atoms with E-state index in [4.69, 9.17) is 4.74 Å². The maximum absolute atomic E-state index is 12.1. The van der Waals surface area contributed by atoms with Crippen molar-refractivity contribution in [3.63, 3.8) is 0 Å². The van der Waals surface area contributed by atoms with Gasteiger partial charge in [0.1, 0.15) is 6.61 Å². The van der Waals surface area contributed by atoms with Crippen LogP contribution in [0.3, 0.4) is 0 Å². The minimum absolute atomic E-state index is 0.255. The number of carbonyl (C=O) groups is 2. The van der Waals surface area contributed by atoms with Crippen molar-refractivity contribution in [2.75, 3.05) is 13.2 Å². The average Bonchev–Trinajstić information content (AvgIpc) is 2.83. The van der Waals surface area contributed by atoms with Crippen molar-refractivity contribution in [2.24, 2.45) is 5.92 Å². The Morgan fingerprint density at radius 2 is 2.00 bits per heavy atom. The molecule has 2 rings (SSSR count). The molecule has 0 aliphatic carbocycles. The second-order valence-electron chi connectivity index (χ2n) is 5.34. The van der Waals surface area contributed by atoms with Crippen molar-refractivity contribution in [2.45, 2.75) is 20.3 Å². The van der Waals surface area contributed by atoms with Crippen LogP contribution < -0.4 is 0 Å². The maximum Gasteiger partial charge on any atom is 0.416 e. The Bertz CT molecular complexity index is 531. The number of rotatable bonds is 4. The van der Waals surface area contributed by atoms with Gasteiger partial charge in [-0.1, -0.05) is 44.7 Å². The molecule has 1 heterocycles. The highest BCUT2D eigenvalue weighted by atomic mass is 16.6. The van der Waals surface area contributed by atoms with E-state index in [-0.39, 0.29) is 12.5 Å². The lowest BCUT2D eigenvalue weighted by Crippen LogP contribution is -2.32. The van der Waals surface area contributed by atoms with E-state index >= 15 is 0 Å². The van der Waals surface area contributed by atoms with Crippen LogP contribution in [0.1, 0.15) is 25.0 Å². The van der Waals surface area contributed by atoms with E-state index in [1.807, 2.05) is 24.3 Å². The van der Waals surface area contributed by atoms with Gasteiger partial charge < -0.3 is 4.74 Å². The molecule has 0 saturated carbocycles. The van der Waals surface area contributed by atoms with Crippen LogP contribution in [0.5, 0.6) is 0 Å². The van der Waals surface area contributed by atoms with Crippen LogP contribution in [0, 0.1) is 5.92 Å². The first-order valence-electron chi connectivity index (χ1n) is 6.76. The van der Waals surface area contributed by atoms with E-state index in [0.717, 1.165) is 16.9 Å². The molecule has 0 atom stereocenters. The monoisotopic (exact) mass is 273 g/mol. The van der Waals surface area contributed by atoms with Gasteiger partial charge in [-0.05, 0) is 23.5 Å². The number of amides is 2. The normalized spacial score (nSPS) is 14.6. The smallest absolute Gasteiger partial charge is 0.416 e. The lowest BCUT2D eigenvalue weighted by molar-refractivity contribution is -0.121. The lowest BCUT2D eigenvalue weighted by atomic mass is 9.99. The van der Waals surface area contributed by atoms with Crippen molar-refractivity contribution in [3.8, 4) is 0 Å². The van der Waals surface area contributed by atoms with Crippen molar-refractivity contribution in [1.29, 1.82) is 0 Å².